The summed E-state index contributed by atoms with van der Waals surface area (Å²) in [7, 11) is 0. The predicted molar refractivity (Wildman–Crippen MR) is 48.3 cm³/mol. The third-order valence-corrected chi connectivity index (χ3v) is 3.03. The highest BCUT2D eigenvalue weighted by molar-refractivity contribution is 5.39. The van der Waals surface area contributed by atoms with Gasteiger partial charge in [0, 0.05) is 0 Å². The summed E-state index contributed by atoms with van der Waals surface area (Å²) in [6.45, 7) is 4.68. The summed E-state index contributed by atoms with van der Waals surface area (Å²) >= 11 is 0. The molecule has 0 saturated carbocycles. The van der Waals surface area contributed by atoms with Crippen molar-refractivity contribution in [3.63, 3.8) is 0 Å². The molecule has 0 aromatic rings. The zero-order chi connectivity index (χ0) is 7.84. The van der Waals surface area contributed by atoms with Gasteiger partial charge in [-0.05, 0) is 36.7 Å². The molecule has 1 atom stereocenters. The summed E-state index contributed by atoms with van der Waals surface area (Å²) in [5.74, 6) is 1.72. The molecule has 0 aromatic carbocycles. The van der Waals surface area contributed by atoms with Crippen LogP contribution in [0.4, 0.5) is 0 Å². The van der Waals surface area contributed by atoms with Crippen LogP contribution in [0.1, 0.15) is 33.1 Å². The van der Waals surface area contributed by atoms with Gasteiger partial charge in [-0.15, -0.1) is 0 Å². The molecule has 2 rings (SSSR count). The highest BCUT2D eigenvalue weighted by atomic mass is 14.3. The molecule has 2 aliphatic carbocycles. The fourth-order valence-corrected chi connectivity index (χ4v) is 2.37. The highest BCUT2D eigenvalue weighted by Gasteiger charge is 2.27. The standard InChI is InChI=1S/C11H16/c1-8(2)10-7-6-9-4-3-5-11(9)10/h3,5,8,10H,4,6-7H2,1-2H3. The summed E-state index contributed by atoms with van der Waals surface area (Å²) in [5, 5.41) is 0. The van der Waals surface area contributed by atoms with Crippen LogP contribution < -0.4 is 0 Å². The van der Waals surface area contributed by atoms with Crippen LogP contribution in [-0.2, 0) is 0 Å². The van der Waals surface area contributed by atoms with Crippen molar-refractivity contribution in [1.82, 2.24) is 0 Å². The topological polar surface area (TPSA) is 0 Å². The summed E-state index contributed by atoms with van der Waals surface area (Å²) in [4.78, 5) is 0. The molecule has 0 aliphatic heterocycles. The molecule has 60 valence electrons. The Hall–Kier alpha value is -0.520. The predicted octanol–water partition coefficient (Wildman–Crippen LogP) is 3.31. The second-order valence-electron chi connectivity index (χ2n) is 4.05. The van der Waals surface area contributed by atoms with Gasteiger partial charge in [0.1, 0.15) is 0 Å². The SMILES string of the molecule is CC(C)C1CCC2=C1C=CC2. The van der Waals surface area contributed by atoms with E-state index in [1.54, 1.807) is 11.1 Å². The van der Waals surface area contributed by atoms with E-state index in [0.29, 0.717) is 0 Å². The molecule has 2 aliphatic rings. The largest absolute Gasteiger partial charge is 0.0802 e. The normalized spacial score (nSPS) is 28.8. The molecule has 0 spiro atoms. The van der Waals surface area contributed by atoms with Crippen molar-refractivity contribution in [2.75, 3.05) is 0 Å². The van der Waals surface area contributed by atoms with Crippen LogP contribution in [0.3, 0.4) is 0 Å². The van der Waals surface area contributed by atoms with E-state index in [1.165, 1.54) is 19.3 Å². The second kappa shape index (κ2) is 2.51. The molecule has 11 heavy (non-hydrogen) atoms. The first-order chi connectivity index (χ1) is 5.29. The van der Waals surface area contributed by atoms with Crippen LogP contribution in [0.15, 0.2) is 23.3 Å². The first kappa shape index (κ1) is 7.15. The Morgan fingerprint density at radius 1 is 1.45 bits per heavy atom. The fourth-order valence-electron chi connectivity index (χ4n) is 2.37. The maximum absolute atomic E-state index is 2.35. The van der Waals surface area contributed by atoms with E-state index in [1.807, 2.05) is 0 Å². The van der Waals surface area contributed by atoms with E-state index < -0.39 is 0 Å². The third kappa shape index (κ3) is 1.05. The van der Waals surface area contributed by atoms with Gasteiger partial charge in [-0.25, -0.2) is 0 Å². The minimum Gasteiger partial charge on any atom is -0.0802 e. The van der Waals surface area contributed by atoms with E-state index in [4.69, 9.17) is 0 Å². The lowest BCUT2D eigenvalue weighted by molar-refractivity contribution is 0.445. The lowest BCUT2D eigenvalue weighted by Crippen LogP contribution is -2.05. The van der Waals surface area contributed by atoms with Gasteiger partial charge in [0.2, 0.25) is 0 Å². The molecular weight excluding hydrogens is 132 g/mol. The molecule has 0 N–H and O–H groups in total. The van der Waals surface area contributed by atoms with E-state index in [2.05, 4.69) is 26.0 Å². The Balaban J connectivity index is 2.21. The lowest BCUT2D eigenvalue weighted by Gasteiger charge is -2.15. The monoisotopic (exact) mass is 148 g/mol. The Bertz CT molecular complexity index is 218. The first-order valence-corrected chi connectivity index (χ1v) is 4.67. The van der Waals surface area contributed by atoms with Gasteiger partial charge < -0.3 is 0 Å². The Morgan fingerprint density at radius 3 is 3.00 bits per heavy atom. The van der Waals surface area contributed by atoms with Crippen molar-refractivity contribution in [3.05, 3.63) is 23.3 Å². The summed E-state index contributed by atoms with van der Waals surface area (Å²) < 4.78 is 0. The smallest absolute Gasteiger partial charge is 0.0130 e. The Labute approximate surface area is 69.0 Å². The van der Waals surface area contributed by atoms with Gasteiger partial charge in [-0.2, -0.15) is 0 Å². The van der Waals surface area contributed by atoms with Crippen LogP contribution in [0.2, 0.25) is 0 Å². The third-order valence-electron chi connectivity index (χ3n) is 3.03. The van der Waals surface area contributed by atoms with Crippen molar-refractivity contribution in [3.8, 4) is 0 Å². The molecule has 0 radical (unpaired) electrons. The lowest BCUT2D eigenvalue weighted by atomic mass is 9.90. The average molecular weight is 148 g/mol. The van der Waals surface area contributed by atoms with Crippen LogP contribution in [-0.4, -0.2) is 0 Å². The zero-order valence-electron chi connectivity index (χ0n) is 7.43. The van der Waals surface area contributed by atoms with Gasteiger partial charge in [0.15, 0.2) is 0 Å². The molecule has 0 heterocycles. The quantitative estimate of drug-likeness (QED) is 0.535. The molecule has 0 nitrogen and oxygen atoms in total. The molecule has 0 fully saturated rings. The van der Waals surface area contributed by atoms with E-state index in [9.17, 15) is 0 Å². The van der Waals surface area contributed by atoms with E-state index >= 15 is 0 Å². The highest BCUT2D eigenvalue weighted by Crippen LogP contribution is 2.41. The average Bonchev–Trinajstić information content (AvgIpc) is 2.41. The van der Waals surface area contributed by atoms with Gasteiger partial charge in [-0.3, -0.25) is 0 Å². The second-order valence-corrected chi connectivity index (χ2v) is 4.05. The molecule has 0 bridgehead atoms. The van der Waals surface area contributed by atoms with Crippen molar-refractivity contribution < 1.29 is 0 Å². The molecule has 1 unspecified atom stereocenters. The van der Waals surface area contributed by atoms with Crippen molar-refractivity contribution in [1.29, 1.82) is 0 Å². The minimum atomic E-state index is 0.838. The molecule has 0 aromatic heterocycles. The molecule has 0 saturated heterocycles. The van der Waals surface area contributed by atoms with Gasteiger partial charge in [0.05, 0.1) is 0 Å². The molecule has 0 heteroatoms. The summed E-state index contributed by atoms with van der Waals surface area (Å²) in [6, 6.07) is 0. The van der Waals surface area contributed by atoms with Crippen molar-refractivity contribution in [2.24, 2.45) is 11.8 Å². The van der Waals surface area contributed by atoms with Crippen LogP contribution in [0.25, 0.3) is 0 Å². The number of allylic oxidation sites excluding steroid dienone is 4. The van der Waals surface area contributed by atoms with Gasteiger partial charge in [0.25, 0.3) is 0 Å². The maximum atomic E-state index is 2.35. The Kier molecular flexibility index (Phi) is 1.63. The summed E-state index contributed by atoms with van der Waals surface area (Å²) in [6.07, 6.45) is 8.70. The van der Waals surface area contributed by atoms with Crippen LogP contribution in [0, 0.1) is 11.8 Å². The van der Waals surface area contributed by atoms with Crippen molar-refractivity contribution in [2.45, 2.75) is 33.1 Å². The summed E-state index contributed by atoms with van der Waals surface area (Å²) in [5.41, 5.74) is 3.41. The number of hydrogen-bond acceptors (Lipinski definition) is 0. The molecule has 0 amide bonds. The molecular formula is C11H16. The van der Waals surface area contributed by atoms with E-state index in [-0.39, 0.29) is 0 Å². The maximum Gasteiger partial charge on any atom is -0.0130 e. The van der Waals surface area contributed by atoms with Crippen LogP contribution >= 0.6 is 0 Å². The first-order valence-electron chi connectivity index (χ1n) is 4.67. The van der Waals surface area contributed by atoms with Gasteiger partial charge >= 0.3 is 0 Å². The van der Waals surface area contributed by atoms with Gasteiger partial charge in [-0.1, -0.05) is 31.6 Å². The van der Waals surface area contributed by atoms with Crippen molar-refractivity contribution >= 4 is 0 Å². The van der Waals surface area contributed by atoms with E-state index in [0.717, 1.165) is 11.8 Å². The van der Waals surface area contributed by atoms with Crippen LogP contribution in [0.5, 0.6) is 0 Å². The fraction of sp³-hybridized carbons (Fsp3) is 0.636. The number of rotatable bonds is 1. The minimum absolute atomic E-state index is 0.838. The zero-order valence-corrected chi connectivity index (χ0v) is 7.43. The number of hydrogen-bond donors (Lipinski definition) is 0. The Morgan fingerprint density at radius 2 is 2.27 bits per heavy atom.